The third kappa shape index (κ3) is 2.78. The van der Waals surface area contributed by atoms with Crippen molar-refractivity contribution in [3.8, 4) is 0 Å². The Balaban J connectivity index is 0.000000606. The Bertz CT molecular complexity index is 306. The zero-order valence-corrected chi connectivity index (χ0v) is 11.2. The van der Waals surface area contributed by atoms with Crippen LogP contribution in [0.15, 0.2) is 24.3 Å². The van der Waals surface area contributed by atoms with Gasteiger partial charge in [-0.15, -0.1) is 0 Å². The average Bonchev–Trinajstić information content (AvgIpc) is 2.67. The van der Waals surface area contributed by atoms with E-state index in [0.29, 0.717) is 5.92 Å². The molecule has 0 aromatic heterocycles. The lowest BCUT2D eigenvalue weighted by Crippen LogP contribution is -2.22. The van der Waals surface area contributed by atoms with Gasteiger partial charge in [0.2, 0.25) is 0 Å². The minimum atomic E-state index is 0.711. The van der Waals surface area contributed by atoms with Crippen molar-refractivity contribution < 1.29 is 0 Å². The van der Waals surface area contributed by atoms with Gasteiger partial charge in [-0.2, -0.15) is 0 Å². The second-order valence-electron chi connectivity index (χ2n) is 4.26. The lowest BCUT2D eigenvalue weighted by atomic mass is 10.0. The fraction of sp³-hybridized carbons (Fsp3) is 0.600. The summed E-state index contributed by atoms with van der Waals surface area (Å²) in [6.07, 6.45) is 2.59. The molecule has 0 saturated heterocycles. The standard InChI is InChI=1S/C13H19N.C2H6/c1-3-4-9-14-10-11(2)12-7-5-6-8-13(12)14;1-2/h5-8,11H,3-4,9-10H2,1-2H3;1-2H3. The van der Waals surface area contributed by atoms with Crippen LogP contribution in [0.25, 0.3) is 0 Å². The largest absolute Gasteiger partial charge is 0.371 e. The van der Waals surface area contributed by atoms with Crippen LogP contribution in [0, 0.1) is 0 Å². The summed E-state index contributed by atoms with van der Waals surface area (Å²) < 4.78 is 0. The lowest BCUT2D eigenvalue weighted by Gasteiger charge is -2.18. The van der Waals surface area contributed by atoms with Crippen LogP contribution in [-0.2, 0) is 0 Å². The zero-order valence-electron chi connectivity index (χ0n) is 11.2. The number of anilines is 1. The highest BCUT2D eigenvalue weighted by atomic mass is 15.1. The highest BCUT2D eigenvalue weighted by Crippen LogP contribution is 2.35. The monoisotopic (exact) mass is 219 g/mol. The number of fused-ring (bicyclic) bond motifs is 1. The van der Waals surface area contributed by atoms with E-state index in [4.69, 9.17) is 0 Å². The molecule has 1 heterocycles. The minimum Gasteiger partial charge on any atom is -0.371 e. The molecule has 0 spiro atoms. The van der Waals surface area contributed by atoms with Crippen molar-refractivity contribution in [1.29, 1.82) is 0 Å². The summed E-state index contributed by atoms with van der Waals surface area (Å²) in [5, 5.41) is 0. The van der Waals surface area contributed by atoms with Gasteiger partial charge >= 0.3 is 0 Å². The van der Waals surface area contributed by atoms with Crippen LogP contribution in [0.5, 0.6) is 0 Å². The third-order valence-electron chi connectivity index (χ3n) is 3.08. The average molecular weight is 219 g/mol. The number of hydrogen-bond donors (Lipinski definition) is 0. The summed E-state index contributed by atoms with van der Waals surface area (Å²) in [6, 6.07) is 8.83. The summed E-state index contributed by atoms with van der Waals surface area (Å²) in [4.78, 5) is 2.53. The molecule has 0 radical (unpaired) electrons. The first kappa shape index (κ1) is 13.1. The maximum absolute atomic E-state index is 2.53. The molecular weight excluding hydrogens is 194 g/mol. The molecule has 1 aliphatic heterocycles. The van der Waals surface area contributed by atoms with Gasteiger partial charge in [-0.1, -0.05) is 52.3 Å². The maximum atomic E-state index is 2.53. The fourth-order valence-corrected chi connectivity index (χ4v) is 2.28. The summed E-state index contributed by atoms with van der Waals surface area (Å²) in [7, 11) is 0. The van der Waals surface area contributed by atoms with Crippen LogP contribution in [0.1, 0.15) is 52.0 Å². The molecule has 0 aliphatic carbocycles. The molecule has 0 amide bonds. The van der Waals surface area contributed by atoms with Gasteiger partial charge in [0.15, 0.2) is 0 Å². The van der Waals surface area contributed by atoms with E-state index in [1.54, 1.807) is 0 Å². The highest BCUT2D eigenvalue weighted by Gasteiger charge is 2.23. The van der Waals surface area contributed by atoms with E-state index >= 15 is 0 Å². The van der Waals surface area contributed by atoms with Gasteiger partial charge < -0.3 is 4.90 Å². The molecule has 1 heteroatoms. The number of nitrogens with zero attached hydrogens (tertiary/aromatic N) is 1. The SMILES string of the molecule is CC.CCCCN1CC(C)c2ccccc21. The quantitative estimate of drug-likeness (QED) is 0.726. The van der Waals surface area contributed by atoms with Crippen molar-refractivity contribution in [3.63, 3.8) is 0 Å². The molecule has 16 heavy (non-hydrogen) atoms. The van der Waals surface area contributed by atoms with Crippen molar-refractivity contribution in [3.05, 3.63) is 29.8 Å². The molecule has 1 unspecified atom stereocenters. The Morgan fingerprint density at radius 3 is 2.62 bits per heavy atom. The minimum absolute atomic E-state index is 0.711. The molecule has 0 bridgehead atoms. The van der Waals surface area contributed by atoms with Crippen molar-refractivity contribution >= 4 is 5.69 Å². The Morgan fingerprint density at radius 2 is 1.94 bits per heavy atom. The molecule has 0 saturated carbocycles. The highest BCUT2D eigenvalue weighted by molar-refractivity contribution is 5.59. The molecule has 1 atom stereocenters. The van der Waals surface area contributed by atoms with E-state index in [-0.39, 0.29) is 0 Å². The molecule has 0 N–H and O–H groups in total. The van der Waals surface area contributed by atoms with Crippen molar-refractivity contribution in [1.82, 2.24) is 0 Å². The maximum Gasteiger partial charge on any atom is 0.0402 e. The van der Waals surface area contributed by atoms with Gasteiger partial charge in [0.1, 0.15) is 0 Å². The topological polar surface area (TPSA) is 3.24 Å². The van der Waals surface area contributed by atoms with Gasteiger partial charge in [0.05, 0.1) is 0 Å². The smallest absolute Gasteiger partial charge is 0.0402 e. The second kappa shape index (κ2) is 6.57. The molecule has 1 aromatic rings. The van der Waals surface area contributed by atoms with E-state index in [1.807, 2.05) is 13.8 Å². The van der Waals surface area contributed by atoms with E-state index in [9.17, 15) is 0 Å². The lowest BCUT2D eigenvalue weighted by molar-refractivity contribution is 0.699. The van der Waals surface area contributed by atoms with Crippen LogP contribution < -0.4 is 4.90 Å². The van der Waals surface area contributed by atoms with Crippen LogP contribution in [-0.4, -0.2) is 13.1 Å². The van der Waals surface area contributed by atoms with E-state index in [2.05, 4.69) is 43.0 Å². The van der Waals surface area contributed by atoms with Gasteiger partial charge in [-0.25, -0.2) is 0 Å². The Morgan fingerprint density at radius 1 is 1.25 bits per heavy atom. The van der Waals surface area contributed by atoms with Gasteiger partial charge in [0, 0.05) is 24.7 Å². The molecule has 1 nitrogen and oxygen atoms in total. The first-order valence-corrected chi connectivity index (χ1v) is 6.66. The van der Waals surface area contributed by atoms with Gasteiger partial charge in [0.25, 0.3) is 0 Å². The summed E-state index contributed by atoms with van der Waals surface area (Å²) >= 11 is 0. The fourth-order valence-electron chi connectivity index (χ4n) is 2.28. The summed E-state index contributed by atoms with van der Waals surface area (Å²) in [5.74, 6) is 0.711. The van der Waals surface area contributed by atoms with Crippen molar-refractivity contribution in [2.45, 2.75) is 46.5 Å². The van der Waals surface area contributed by atoms with Crippen LogP contribution in [0.3, 0.4) is 0 Å². The van der Waals surface area contributed by atoms with Gasteiger partial charge in [-0.05, 0) is 18.1 Å². The van der Waals surface area contributed by atoms with Crippen molar-refractivity contribution in [2.75, 3.05) is 18.0 Å². The van der Waals surface area contributed by atoms with E-state index < -0.39 is 0 Å². The van der Waals surface area contributed by atoms with Crippen LogP contribution in [0.4, 0.5) is 5.69 Å². The second-order valence-corrected chi connectivity index (χ2v) is 4.26. The zero-order chi connectivity index (χ0) is 12.0. The molecule has 0 fully saturated rings. The predicted octanol–water partition coefficient (Wildman–Crippen LogP) is 4.44. The molecule has 1 aliphatic rings. The van der Waals surface area contributed by atoms with E-state index in [1.165, 1.54) is 37.2 Å². The third-order valence-corrected chi connectivity index (χ3v) is 3.08. The van der Waals surface area contributed by atoms with Crippen LogP contribution in [0.2, 0.25) is 0 Å². The van der Waals surface area contributed by atoms with Crippen LogP contribution >= 0.6 is 0 Å². The predicted molar refractivity (Wildman–Crippen MR) is 73.3 cm³/mol. The van der Waals surface area contributed by atoms with Crippen molar-refractivity contribution in [2.24, 2.45) is 0 Å². The normalized spacial score (nSPS) is 17.8. The molecule has 1 aromatic carbocycles. The summed E-state index contributed by atoms with van der Waals surface area (Å²) in [6.45, 7) is 11.0. The first-order valence-electron chi connectivity index (χ1n) is 6.66. The molecular formula is C15H25N. The number of para-hydroxylation sites is 1. The number of rotatable bonds is 3. The van der Waals surface area contributed by atoms with E-state index in [0.717, 1.165) is 0 Å². The molecule has 90 valence electrons. The summed E-state index contributed by atoms with van der Waals surface area (Å²) in [5.41, 5.74) is 3.00. The number of hydrogen-bond acceptors (Lipinski definition) is 1. The first-order chi connectivity index (χ1) is 7.83. The number of unbranched alkanes of at least 4 members (excludes halogenated alkanes) is 1. The Kier molecular flexibility index (Phi) is 5.37. The number of benzene rings is 1. The Labute approximate surface area is 100 Å². The van der Waals surface area contributed by atoms with Gasteiger partial charge in [-0.3, -0.25) is 0 Å². The molecule has 2 rings (SSSR count). The Hall–Kier alpha value is -0.980.